The van der Waals surface area contributed by atoms with Crippen molar-refractivity contribution >= 4 is 17.5 Å². The number of rotatable bonds is 3. The Hall–Kier alpha value is -1.95. The fourth-order valence-electron chi connectivity index (χ4n) is 1.47. The Kier molecular flexibility index (Phi) is 3.80. The Bertz CT molecular complexity index is 606. The van der Waals surface area contributed by atoms with Crippen molar-refractivity contribution in [3.8, 4) is 17.1 Å². The van der Waals surface area contributed by atoms with Crippen LogP contribution in [0.3, 0.4) is 0 Å². The summed E-state index contributed by atoms with van der Waals surface area (Å²) >= 11 is 5.83. The van der Waals surface area contributed by atoms with E-state index in [0.717, 1.165) is 0 Å². The molecule has 0 aliphatic heterocycles. The van der Waals surface area contributed by atoms with E-state index in [9.17, 15) is 4.39 Å². The summed E-state index contributed by atoms with van der Waals surface area (Å²) in [6, 6.07) is 4.47. The molecule has 0 saturated carbocycles. The number of ether oxygens (including phenoxy) is 1. The summed E-state index contributed by atoms with van der Waals surface area (Å²) in [5, 5.41) is 0.0601. The van der Waals surface area contributed by atoms with E-state index in [1.165, 1.54) is 19.2 Å². The lowest BCUT2D eigenvalue weighted by atomic mass is 10.2. The first-order chi connectivity index (χ1) is 9.01. The van der Waals surface area contributed by atoms with Crippen molar-refractivity contribution in [1.82, 2.24) is 15.0 Å². The van der Waals surface area contributed by atoms with Crippen molar-refractivity contribution in [2.45, 2.75) is 0 Å². The maximum atomic E-state index is 13.7. The van der Waals surface area contributed by atoms with Crippen LogP contribution in [0, 0.1) is 5.82 Å². The van der Waals surface area contributed by atoms with Crippen LogP contribution >= 0.6 is 11.6 Å². The molecule has 0 N–H and O–H groups in total. The second kappa shape index (κ2) is 5.36. The molecule has 5 nitrogen and oxygen atoms in total. The van der Waals surface area contributed by atoms with Gasteiger partial charge < -0.3 is 9.64 Å². The van der Waals surface area contributed by atoms with Gasteiger partial charge in [-0.3, -0.25) is 0 Å². The third kappa shape index (κ3) is 2.90. The summed E-state index contributed by atoms with van der Waals surface area (Å²) in [6.07, 6.45) is 0. The molecule has 19 heavy (non-hydrogen) atoms. The summed E-state index contributed by atoms with van der Waals surface area (Å²) in [5.41, 5.74) is 0.505. The number of benzene rings is 1. The van der Waals surface area contributed by atoms with Crippen molar-refractivity contribution in [3.63, 3.8) is 0 Å². The predicted octanol–water partition coefficient (Wildman–Crippen LogP) is 2.41. The molecule has 100 valence electrons. The molecule has 0 amide bonds. The van der Waals surface area contributed by atoms with E-state index in [2.05, 4.69) is 15.0 Å². The second-order valence-electron chi connectivity index (χ2n) is 3.97. The maximum absolute atomic E-state index is 13.7. The Labute approximate surface area is 115 Å². The standard InChI is InChI=1S/C12H12ClFN4O/c1-18(2)12-16-10(15-11(13)17-12)7-4-5-9(19-3)8(14)6-7/h4-6H,1-3H3. The van der Waals surface area contributed by atoms with E-state index < -0.39 is 5.82 Å². The molecular weight excluding hydrogens is 271 g/mol. The average molecular weight is 283 g/mol. The normalized spacial score (nSPS) is 10.4. The molecule has 7 heteroatoms. The third-order valence-corrected chi connectivity index (χ3v) is 2.58. The first-order valence-electron chi connectivity index (χ1n) is 5.44. The molecule has 0 spiro atoms. The van der Waals surface area contributed by atoms with Crippen LogP contribution in [0.2, 0.25) is 5.28 Å². The van der Waals surface area contributed by atoms with Crippen LogP contribution in [0.15, 0.2) is 18.2 Å². The predicted molar refractivity (Wildman–Crippen MR) is 71.1 cm³/mol. The molecule has 0 aliphatic carbocycles. The third-order valence-electron chi connectivity index (χ3n) is 2.41. The largest absolute Gasteiger partial charge is 0.494 e. The fraction of sp³-hybridized carbons (Fsp3) is 0.250. The van der Waals surface area contributed by atoms with Crippen molar-refractivity contribution in [1.29, 1.82) is 0 Å². The topological polar surface area (TPSA) is 51.1 Å². The quantitative estimate of drug-likeness (QED) is 0.865. The van der Waals surface area contributed by atoms with E-state index in [1.54, 1.807) is 25.1 Å². The summed E-state index contributed by atoms with van der Waals surface area (Å²) < 4.78 is 18.5. The molecule has 0 atom stereocenters. The molecule has 0 bridgehead atoms. The zero-order chi connectivity index (χ0) is 14.0. The van der Waals surface area contributed by atoms with Gasteiger partial charge in [-0.25, -0.2) is 4.39 Å². The van der Waals surface area contributed by atoms with E-state index in [4.69, 9.17) is 16.3 Å². The molecule has 1 aromatic carbocycles. The lowest BCUT2D eigenvalue weighted by molar-refractivity contribution is 0.386. The lowest BCUT2D eigenvalue weighted by Crippen LogP contribution is -2.14. The van der Waals surface area contributed by atoms with Crippen LogP contribution in [-0.4, -0.2) is 36.2 Å². The maximum Gasteiger partial charge on any atom is 0.229 e. The molecular formula is C12H12ClFN4O. The highest BCUT2D eigenvalue weighted by Gasteiger charge is 2.11. The van der Waals surface area contributed by atoms with Crippen LogP contribution < -0.4 is 9.64 Å². The van der Waals surface area contributed by atoms with Gasteiger partial charge in [-0.2, -0.15) is 15.0 Å². The summed E-state index contributed by atoms with van der Waals surface area (Å²) in [5.74, 6) is 0.399. The highest BCUT2D eigenvalue weighted by atomic mass is 35.5. The number of anilines is 1. The van der Waals surface area contributed by atoms with Crippen LogP contribution in [0.25, 0.3) is 11.4 Å². The van der Waals surface area contributed by atoms with Gasteiger partial charge in [-0.05, 0) is 29.8 Å². The van der Waals surface area contributed by atoms with Gasteiger partial charge in [0.15, 0.2) is 17.4 Å². The molecule has 1 aromatic heterocycles. The monoisotopic (exact) mass is 282 g/mol. The molecule has 0 fully saturated rings. The molecule has 1 heterocycles. The average Bonchev–Trinajstić information content (AvgIpc) is 2.37. The molecule has 2 aromatic rings. The van der Waals surface area contributed by atoms with Crippen molar-refractivity contribution < 1.29 is 9.13 Å². The first kappa shape index (κ1) is 13.5. The van der Waals surface area contributed by atoms with Gasteiger partial charge in [0.2, 0.25) is 11.2 Å². The molecule has 0 unspecified atom stereocenters. The number of aromatic nitrogens is 3. The Morgan fingerprint density at radius 2 is 1.95 bits per heavy atom. The van der Waals surface area contributed by atoms with Gasteiger partial charge in [0.05, 0.1) is 7.11 Å². The first-order valence-corrected chi connectivity index (χ1v) is 5.82. The van der Waals surface area contributed by atoms with Crippen molar-refractivity contribution in [2.75, 3.05) is 26.1 Å². The van der Waals surface area contributed by atoms with E-state index in [-0.39, 0.29) is 11.0 Å². The highest BCUT2D eigenvalue weighted by Crippen LogP contribution is 2.24. The summed E-state index contributed by atoms with van der Waals surface area (Å²) in [7, 11) is 4.97. The van der Waals surface area contributed by atoms with E-state index >= 15 is 0 Å². The van der Waals surface area contributed by atoms with E-state index in [0.29, 0.717) is 17.3 Å². The van der Waals surface area contributed by atoms with Gasteiger partial charge in [-0.1, -0.05) is 0 Å². The smallest absolute Gasteiger partial charge is 0.229 e. The Morgan fingerprint density at radius 3 is 2.53 bits per heavy atom. The lowest BCUT2D eigenvalue weighted by Gasteiger charge is -2.11. The minimum Gasteiger partial charge on any atom is -0.494 e. The zero-order valence-electron chi connectivity index (χ0n) is 10.7. The van der Waals surface area contributed by atoms with Crippen LogP contribution in [0.1, 0.15) is 0 Å². The summed E-state index contributed by atoms with van der Waals surface area (Å²) in [6.45, 7) is 0. The molecule has 0 saturated heterocycles. The molecule has 0 radical (unpaired) electrons. The van der Waals surface area contributed by atoms with Crippen molar-refractivity contribution in [2.24, 2.45) is 0 Å². The SMILES string of the molecule is COc1ccc(-c2nc(Cl)nc(N(C)C)n2)cc1F. The Balaban J connectivity index is 2.49. The minimum atomic E-state index is -0.483. The number of methoxy groups -OCH3 is 1. The number of hydrogen-bond acceptors (Lipinski definition) is 5. The number of nitrogens with zero attached hydrogens (tertiary/aromatic N) is 4. The molecule has 0 aliphatic rings. The summed E-state index contributed by atoms with van der Waals surface area (Å²) in [4.78, 5) is 13.9. The second-order valence-corrected chi connectivity index (χ2v) is 4.31. The van der Waals surface area contributed by atoms with Crippen LogP contribution in [0.4, 0.5) is 10.3 Å². The number of halogens is 2. The van der Waals surface area contributed by atoms with Crippen LogP contribution in [-0.2, 0) is 0 Å². The number of hydrogen-bond donors (Lipinski definition) is 0. The van der Waals surface area contributed by atoms with Gasteiger partial charge >= 0.3 is 0 Å². The minimum absolute atomic E-state index is 0.0601. The van der Waals surface area contributed by atoms with E-state index in [1.807, 2.05) is 0 Å². The molecule has 2 rings (SSSR count). The highest BCUT2D eigenvalue weighted by molar-refractivity contribution is 6.28. The zero-order valence-corrected chi connectivity index (χ0v) is 11.4. The Morgan fingerprint density at radius 1 is 1.21 bits per heavy atom. The van der Waals surface area contributed by atoms with Gasteiger partial charge in [0.1, 0.15) is 0 Å². The van der Waals surface area contributed by atoms with Crippen LogP contribution in [0.5, 0.6) is 5.75 Å². The van der Waals surface area contributed by atoms with Gasteiger partial charge in [0.25, 0.3) is 0 Å². The fourth-order valence-corrected chi connectivity index (χ4v) is 1.63. The van der Waals surface area contributed by atoms with Gasteiger partial charge in [-0.15, -0.1) is 0 Å². The van der Waals surface area contributed by atoms with Gasteiger partial charge in [0, 0.05) is 19.7 Å². The van der Waals surface area contributed by atoms with Crippen molar-refractivity contribution in [3.05, 3.63) is 29.3 Å².